The number of ether oxygens (including phenoxy) is 3. The van der Waals surface area contributed by atoms with Gasteiger partial charge in [0.25, 0.3) is 0 Å². The molecule has 0 fully saturated rings. The lowest BCUT2D eigenvalue weighted by atomic mass is 9.97. The number of hydrogen-bond acceptors (Lipinski definition) is 4. The fourth-order valence-corrected chi connectivity index (χ4v) is 4.87. The third-order valence-electron chi connectivity index (χ3n) is 5.69. The van der Waals surface area contributed by atoms with Gasteiger partial charge in [-0.25, -0.2) is 0 Å². The molecule has 0 amide bonds. The van der Waals surface area contributed by atoms with Gasteiger partial charge in [0.15, 0.2) is 0 Å². The number of benzene rings is 2. The molecule has 1 aliphatic carbocycles. The summed E-state index contributed by atoms with van der Waals surface area (Å²) < 4.78 is 56.5. The van der Waals surface area contributed by atoms with Gasteiger partial charge < -0.3 is 14.2 Å². The van der Waals surface area contributed by atoms with Gasteiger partial charge in [-0.3, -0.25) is 4.79 Å². The van der Waals surface area contributed by atoms with Crippen LogP contribution in [0, 0.1) is 0 Å². The Bertz CT molecular complexity index is 974. The normalized spacial score (nSPS) is 19.8. The lowest BCUT2D eigenvalue weighted by Gasteiger charge is -2.18. The number of rotatable bonds is 5. The standard InChI is InChI=1S/C22H20BrF3O4/c1-28-21(27)8-12-11-29-20-9-13(2-3-14(12)20)30-19-7-5-15-16(19)4-6-18(17(15)10-23)22(24,25)26/h2-4,6,9,12,19H,5,7-8,10-11H2,1H3/t12-,19-/m1/s1. The Morgan fingerprint density at radius 2 is 2.00 bits per heavy atom. The van der Waals surface area contributed by atoms with Crippen molar-refractivity contribution in [2.45, 2.75) is 42.8 Å². The summed E-state index contributed by atoms with van der Waals surface area (Å²) in [6.45, 7) is 0.398. The highest BCUT2D eigenvalue weighted by molar-refractivity contribution is 9.08. The van der Waals surface area contributed by atoms with Crippen molar-refractivity contribution in [3.63, 3.8) is 0 Å². The Hall–Kier alpha value is -2.22. The second-order valence-corrected chi connectivity index (χ2v) is 7.98. The summed E-state index contributed by atoms with van der Waals surface area (Å²) in [6, 6.07) is 8.13. The SMILES string of the molecule is COC(=O)C[C@@H]1COc2cc(O[C@@H]3CCc4c3ccc(C(F)(F)F)c4CBr)ccc21. The second kappa shape index (κ2) is 8.13. The number of hydrogen-bond donors (Lipinski definition) is 0. The average Bonchev–Trinajstić information content (AvgIpc) is 3.30. The number of methoxy groups -OCH3 is 1. The van der Waals surface area contributed by atoms with Gasteiger partial charge in [0.2, 0.25) is 0 Å². The van der Waals surface area contributed by atoms with Crippen molar-refractivity contribution in [3.8, 4) is 11.5 Å². The van der Waals surface area contributed by atoms with Crippen LogP contribution in [0.15, 0.2) is 30.3 Å². The van der Waals surface area contributed by atoms with E-state index in [1.165, 1.54) is 13.2 Å². The third kappa shape index (κ3) is 3.89. The first-order chi connectivity index (χ1) is 14.3. The molecule has 4 nitrogen and oxygen atoms in total. The molecule has 160 valence electrons. The summed E-state index contributed by atoms with van der Waals surface area (Å²) in [6.07, 6.45) is -3.30. The van der Waals surface area contributed by atoms with Crippen LogP contribution in [0.1, 0.15) is 52.7 Å². The van der Waals surface area contributed by atoms with Crippen LogP contribution in [0.5, 0.6) is 11.5 Å². The highest BCUT2D eigenvalue weighted by Gasteiger charge is 2.37. The first kappa shape index (κ1) is 21.0. The van der Waals surface area contributed by atoms with Gasteiger partial charge in [-0.05, 0) is 41.7 Å². The van der Waals surface area contributed by atoms with Gasteiger partial charge in [-0.15, -0.1) is 0 Å². The minimum Gasteiger partial charge on any atom is -0.492 e. The van der Waals surface area contributed by atoms with Gasteiger partial charge in [-0.2, -0.15) is 13.2 Å². The summed E-state index contributed by atoms with van der Waals surface area (Å²) in [4.78, 5) is 11.6. The van der Waals surface area contributed by atoms with Gasteiger partial charge in [0, 0.05) is 22.9 Å². The maximum atomic E-state index is 13.3. The molecule has 0 unspecified atom stereocenters. The van der Waals surface area contributed by atoms with E-state index in [4.69, 9.17) is 14.2 Å². The molecular weight excluding hydrogens is 465 g/mol. The Balaban J connectivity index is 1.55. The average molecular weight is 485 g/mol. The fraction of sp³-hybridized carbons (Fsp3) is 0.409. The molecule has 1 heterocycles. The number of alkyl halides is 4. The zero-order valence-electron chi connectivity index (χ0n) is 16.2. The Morgan fingerprint density at radius 3 is 2.70 bits per heavy atom. The predicted molar refractivity (Wildman–Crippen MR) is 107 cm³/mol. The molecule has 4 rings (SSSR count). The van der Waals surface area contributed by atoms with Crippen LogP contribution in [-0.4, -0.2) is 19.7 Å². The molecule has 2 aromatic rings. The van der Waals surface area contributed by atoms with Crippen LogP contribution in [-0.2, 0) is 27.5 Å². The summed E-state index contributed by atoms with van der Waals surface area (Å²) in [5.41, 5.74) is 2.12. The molecule has 0 N–H and O–H groups in total. The van der Waals surface area contributed by atoms with Crippen LogP contribution < -0.4 is 9.47 Å². The third-order valence-corrected chi connectivity index (χ3v) is 6.25. The first-order valence-electron chi connectivity index (χ1n) is 9.59. The van der Waals surface area contributed by atoms with E-state index in [1.54, 1.807) is 6.07 Å². The van der Waals surface area contributed by atoms with E-state index in [1.807, 2.05) is 12.1 Å². The van der Waals surface area contributed by atoms with Crippen molar-refractivity contribution in [3.05, 3.63) is 58.1 Å². The maximum absolute atomic E-state index is 13.3. The molecule has 2 aliphatic rings. The molecule has 0 radical (unpaired) electrons. The first-order valence-corrected chi connectivity index (χ1v) is 10.7. The smallest absolute Gasteiger partial charge is 0.416 e. The highest BCUT2D eigenvalue weighted by Crippen LogP contribution is 2.44. The van der Waals surface area contributed by atoms with Crippen LogP contribution in [0.25, 0.3) is 0 Å². The van der Waals surface area contributed by atoms with E-state index in [-0.39, 0.29) is 35.3 Å². The van der Waals surface area contributed by atoms with E-state index in [0.717, 1.165) is 17.2 Å². The van der Waals surface area contributed by atoms with Gasteiger partial charge in [-0.1, -0.05) is 28.1 Å². The van der Waals surface area contributed by atoms with Crippen LogP contribution in [0.2, 0.25) is 0 Å². The van der Waals surface area contributed by atoms with Crippen molar-refractivity contribution < 1.29 is 32.2 Å². The number of fused-ring (bicyclic) bond motifs is 2. The van der Waals surface area contributed by atoms with E-state index < -0.39 is 11.7 Å². The minimum absolute atomic E-state index is 0.0593. The lowest BCUT2D eigenvalue weighted by Crippen LogP contribution is -2.11. The Labute approximate surface area is 180 Å². The molecule has 2 atom stereocenters. The number of carbonyl (C=O) groups excluding carboxylic acids is 1. The van der Waals surface area contributed by atoms with Crippen molar-refractivity contribution >= 4 is 21.9 Å². The van der Waals surface area contributed by atoms with Crippen molar-refractivity contribution in [1.82, 2.24) is 0 Å². The summed E-state index contributed by atoms with van der Waals surface area (Å²) in [5.74, 6) is 0.898. The molecule has 0 spiro atoms. The van der Waals surface area contributed by atoms with E-state index in [0.29, 0.717) is 36.5 Å². The monoisotopic (exact) mass is 484 g/mol. The number of esters is 1. The van der Waals surface area contributed by atoms with Crippen LogP contribution >= 0.6 is 15.9 Å². The Morgan fingerprint density at radius 1 is 1.23 bits per heavy atom. The topological polar surface area (TPSA) is 44.8 Å². The molecule has 1 aliphatic heterocycles. The fourth-order valence-electron chi connectivity index (χ4n) is 4.23. The maximum Gasteiger partial charge on any atom is 0.416 e. The predicted octanol–water partition coefficient (Wildman–Crippen LogP) is 5.71. The molecule has 0 aromatic heterocycles. The molecule has 0 saturated heterocycles. The summed E-state index contributed by atoms with van der Waals surface area (Å²) >= 11 is 3.21. The van der Waals surface area contributed by atoms with E-state index >= 15 is 0 Å². The van der Waals surface area contributed by atoms with Crippen molar-refractivity contribution in [2.24, 2.45) is 0 Å². The Kier molecular flexibility index (Phi) is 5.70. The second-order valence-electron chi connectivity index (χ2n) is 7.42. The zero-order valence-corrected chi connectivity index (χ0v) is 17.8. The quantitative estimate of drug-likeness (QED) is 0.403. The van der Waals surface area contributed by atoms with Crippen molar-refractivity contribution in [1.29, 1.82) is 0 Å². The number of carbonyl (C=O) groups is 1. The highest BCUT2D eigenvalue weighted by atomic mass is 79.9. The van der Waals surface area contributed by atoms with Gasteiger partial charge >= 0.3 is 12.1 Å². The largest absolute Gasteiger partial charge is 0.492 e. The van der Waals surface area contributed by atoms with Crippen LogP contribution in [0.4, 0.5) is 13.2 Å². The molecular formula is C22H20BrF3O4. The molecule has 30 heavy (non-hydrogen) atoms. The van der Waals surface area contributed by atoms with Gasteiger partial charge in [0.05, 0.1) is 25.7 Å². The zero-order chi connectivity index (χ0) is 21.5. The van der Waals surface area contributed by atoms with E-state index in [9.17, 15) is 18.0 Å². The molecule has 0 bridgehead atoms. The molecule has 2 aromatic carbocycles. The lowest BCUT2D eigenvalue weighted by molar-refractivity contribution is -0.141. The molecule has 0 saturated carbocycles. The summed E-state index contributed by atoms with van der Waals surface area (Å²) in [7, 11) is 1.36. The van der Waals surface area contributed by atoms with Crippen molar-refractivity contribution in [2.75, 3.05) is 13.7 Å². The van der Waals surface area contributed by atoms with E-state index in [2.05, 4.69) is 15.9 Å². The minimum atomic E-state index is -4.38. The number of halogens is 4. The van der Waals surface area contributed by atoms with Gasteiger partial charge in [0.1, 0.15) is 17.6 Å². The molecule has 8 heteroatoms. The summed E-state index contributed by atoms with van der Waals surface area (Å²) in [5, 5.41) is 0.145. The van der Waals surface area contributed by atoms with Crippen LogP contribution in [0.3, 0.4) is 0 Å².